The molecule has 2 rings (SSSR count). The number of nitro benzene ring substituents is 1. The van der Waals surface area contributed by atoms with Crippen LogP contribution in [0.5, 0.6) is 0 Å². The zero-order valence-corrected chi connectivity index (χ0v) is 12.3. The van der Waals surface area contributed by atoms with Gasteiger partial charge in [0, 0.05) is 17.1 Å². The fourth-order valence-corrected chi connectivity index (χ4v) is 3.00. The number of alkyl halides is 1. The van der Waals surface area contributed by atoms with Crippen LogP contribution in [0, 0.1) is 10.1 Å². The molecule has 1 atom stereocenters. The van der Waals surface area contributed by atoms with Crippen LogP contribution in [0.15, 0.2) is 30.5 Å². The number of nitrogens with zero attached hydrogens (tertiary/aromatic N) is 2. The molecule has 0 N–H and O–H groups in total. The molecule has 0 saturated heterocycles. The van der Waals surface area contributed by atoms with Crippen LogP contribution in [0.2, 0.25) is 0 Å². The third kappa shape index (κ3) is 3.10. The maximum absolute atomic E-state index is 11.0. The Kier molecular flexibility index (Phi) is 4.47. The van der Waals surface area contributed by atoms with Crippen molar-refractivity contribution in [3.05, 3.63) is 46.1 Å². The average Bonchev–Trinajstić information content (AvgIpc) is 2.39. The zero-order valence-electron chi connectivity index (χ0n) is 10.7. The third-order valence-electron chi connectivity index (χ3n) is 3.07. The van der Waals surface area contributed by atoms with Gasteiger partial charge in [-0.15, -0.1) is 0 Å². The van der Waals surface area contributed by atoms with Crippen LogP contribution in [0.4, 0.5) is 5.69 Å². The van der Waals surface area contributed by atoms with Gasteiger partial charge in [-0.3, -0.25) is 15.1 Å². The lowest BCUT2D eigenvalue weighted by Crippen LogP contribution is -2.04. The topological polar surface area (TPSA) is 56.0 Å². The molecule has 0 radical (unpaired) electrons. The minimum Gasteiger partial charge on any atom is -0.258 e. The van der Waals surface area contributed by atoms with E-state index in [2.05, 4.69) is 27.8 Å². The third-order valence-corrected chi connectivity index (χ3v) is 3.85. The standard InChI is InChI=1S/C14H15BrN2O2/c1-2-4-11(15)9-10-6-7-13(17(18)19)12-5-3-8-16-14(10)12/h3,5-8,11H,2,4,9H2,1H3. The molecule has 0 spiro atoms. The number of nitro groups is 1. The second-order valence-electron chi connectivity index (χ2n) is 4.49. The molecule has 0 aliphatic heterocycles. The number of aromatic nitrogens is 1. The molecule has 100 valence electrons. The molecule has 19 heavy (non-hydrogen) atoms. The van der Waals surface area contributed by atoms with Crippen molar-refractivity contribution in [2.24, 2.45) is 0 Å². The predicted octanol–water partition coefficient (Wildman–Crippen LogP) is 4.25. The Balaban J connectivity index is 2.46. The predicted molar refractivity (Wildman–Crippen MR) is 79.7 cm³/mol. The highest BCUT2D eigenvalue weighted by Crippen LogP contribution is 2.28. The Morgan fingerprint density at radius 1 is 1.42 bits per heavy atom. The maximum Gasteiger partial charge on any atom is 0.278 e. The molecular weight excluding hydrogens is 308 g/mol. The molecule has 0 fully saturated rings. The molecule has 1 aromatic carbocycles. The quantitative estimate of drug-likeness (QED) is 0.469. The Hall–Kier alpha value is -1.49. The lowest BCUT2D eigenvalue weighted by atomic mass is 10.0. The number of benzene rings is 1. The molecule has 0 bridgehead atoms. The van der Waals surface area contributed by atoms with Crippen molar-refractivity contribution in [3.63, 3.8) is 0 Å². The fraction of sp³-hybridized carbons (Fsp3) is 0.357. The summed E-state index contributed by atoms with van der Waals surface area (Å²) in [5, 5.41) is 11.6. The van der Waals surface area contributed by atoms with Crippen LogP contribution in [-0.2, 0) is 6.42 Å². The number of rotatable bonds is 5. The van der Waals surface area contributed by atoms with Crippen LogP contribution >= 0.6 is 15.9 Å². The Morgan fingerprint density at radius 3 is 2.89 bits per heavy atom. The minimum atomic E-state index is -0.356. The highest BCUT2D eigenvalue weighted by molar-refractivity contribution is 9.09. The van der Waals surface area contributed by atoms with Crippen LogP contribution in [-0.4, -0.2) is 14.7 Å². The monoisotopic (exact) mass is 322 g/mol. The van der Waals surface area contributed by atoms with Gasteiger partial charge >= 0.3 is 0 Å². The first-order chi connectivity index (χ1) is 9.13. The average molecular weight is 323 g/mol. The summed E-state index contributed by atoms with van der Waals surface area (Å²) >= 11 is 3.65. The summed E-state index contributed by atoms with van der Waals surface area (Å²) in [4.78, 5) is 15.4. The summed E-state index contributed by atoms with van der Waals surface area (Å²) < 4.78 is 0. The van der Waals surface area contributed by atoms with E-state index in [1.807, 2.05) is 6.07 Å². The number of pyridine rings is 1. The first kappa shape index (κ1) is 13.9. The molecule has 2 aromatic rings. The lowest BCUT2D eigenvalue weighted by molar-refractivity contribution is -0.383. The second kappa shape index (κ2) is 6.10. The molecule has 0 amide bonds. The normalized spacial score (nSPS) is 12.5. The molecule has 1 unspecified atom stereocenters. The number of hydrogen-bond donors (Lipinski definition) is 0. The number of halogens is 1. The Labute approximate surface area is 120 Å². The summed E-state index contributed by atoms with van der Waals surface area (Å²) in [6.45, 7) is 2.14. The fourth-order valence-electron chi connectivity index (χ4n) is 2.19. The summed E-state index contributed by atoms with van der Waals surface area (Å²) in [5.74, 6) is 0. The van der Waals surface area contributed by atoms with Crippen molar-refractivity contribution < 1.29 is 4.92 Å². The molecule has 0 aliphatic rings. The molecule has 0 saturated carbocycles. The molecule has 0 aliphatic carbocycles. The van der Waals surface area contributed by atoms with Gasteiger partial charge in [0.2, 0.25) is 0 Å². The van der Waals surface area contributed by atoms with Gasteiger partial charge in [0.1, 0.15) is 0 Å². The van der Waals surface area contributed by atoms with E-state index in [1.165, 1.54) is 0 Å². The first-order valence-electron chi connectivity index (χ1n) is 6.28. The molecule has 1 heterocycles. The van der Waals surface area contributed by atoms with Gasteiger partial charge in [-0.1, -0.05) is 29.3 Å². The molecule has 4 nitrogen and oxygen atoms in total. The molecule has 1 aromatic heterocycles. The van der Waals surface area contributed by atoms with Crippen molar-refractivity contribution in [1.29, 1.82) is 0 Å². The van der Waals surface area contributed by atoms with E-state index in [4.69, 9.17) is 0 Å². The van der Waals surface area contributed by atoms with Crippen LogP contribution in [0.25, 0.3) is 10.9 Å². The van der Waals surface area contributed by atoms with E-state index in [0.717, 1.165) is 30.3 Å². The van der Waals surface area contributed by atoms with Crippen molar-refractivity contribution in [1.82, 2.24) is 4.98 Å². The van der Waals surface area contributed by atoms with Gasteiger partial charge in [-0.25, -0.2) is 0 Å². The van der Waals surface area contributed by atoms with Crippen LogP contribution < -0.4 is 0 Å². The largest absolute Gasteiger partial charge is 0.278 e. The van der Waals surface area contributed by atoms with Crippen LogP contribution in [0.3, 0.4) is 0 Å². The van der Waals surface area contributed by atoms with E-state index < -0.39 is 0 Å². The van der Waals surface area contributed by atoms with Gasteiger partial charge in [-0.05, 0) is 36.6 Å². The van der Waals surface area contributed by atoms with Gasteiger partial charge in [-0.2, -0.15) is 0 Å². The van der Waals surface area contributed by atoms with E-state index in [9.17, 15) is 10.1 Å². The van der Waals surface area contributed by atoms with E-state index in [-0.39, 0.29) is 10.6 Å². The Morgan fingerprint density at radius 2 is 2.21 bits per heavy atom. The SMILES string of the molecule is CCCC(Br)Cc1ccc([N+](=O)[O-])c2cccnc12. The van der Waals surface area contributed by atoms with Crippen LogP contribution in [0.1, 0.15) is 25.3 Å². The Bertz CT molecular complexity index is 601. The minimum absolute atomic E-state index is 0.119. The summed E-state index contributed by atoms with van der Waals surface area (Å²) in [6.07, 6.45) is 4.69. The van der Waals surface area contributed by atoms with Crippen molar-refractivity contribution in [2.75, 3.05) is 0 Å². The first-order valence-corrected chi connectivity index (χ1v) is 7.20. The molecule has 5 heteroatoms. The summed E-state index contributed by atoms with van der Waals surface area (Å²) in [6, 6.07) is 6.88. The molecular formula is C14H15BrN2O2. The summed E-state index contributed by atoms with van der Waals surface area (Å²) in [7, 11) is 0. The van der Waals surface area contributed by atoms with Gasteiger partial charge in [0.15, 0.2) is 0 Å². The number of non-ortho nitro benzene ring substituents is 1. The van der Waals surface area contributed by atoms with Crippen molar-refractivity contribution in [3.8, 4) is 0 Å². The van der Waals surface area contributed by atoms with Gasteiger partial charge in [0.05, 0.1) is 15.8 Å². The second-order valence-corrected chi connectivity index (χ2v) is 5.79. The zero-order chi connectivity index (χ0) is 13.8. The van der Waals surface area contributed by atoms with E-state index in [1.54, 1.807) is 24.4 Å². The van der Waals surface area contributed by atoms with E-state index in [0.29, 0.717) is 10.2 Å². The van der Waals surface area contributed by atoms with E-state index >= 15 is 0 Å². The van der Waals surface area contributed by atoms with Gasteiger partial charge in [0.25, 0.3) is 5.69 Å². The summed E-state index contributed by atoms with van der Waals surface area (Å²) in [5.41, 5.74) is 1.90. The maximum atomic E-state index is 11.0. The number of fused-ring (bicyclic) bond motifs is 1. The smallest absolute Gasteiger partial charge is 0.258 e. The highest BCUT2D eigenvalue weighted by atomic mass is 79.9. The van der Waals surface area contributed by atoms with Gasteiger partial charge < -0.3 is 0 Å². The lowest BCUT2D eigenvalue weighted by Gasteiger charge is -2.10. The number of hydrogen-bond acceptors (Lipinski definition) is 3. The van der Waals surface area contributed by atoms with Crippen molar-refractivity contribution >= 4 is 32.5 Å². The highest BCUT2D eigenvalue weighted by Gasteiger charge is 2.16. The van der Waals surface area contributed by atoms with Crippen molar-refractivity contribution in [2.45, 2.75) is 31.0 Å².